The number of thioether (sulfide) groups is 1. The molecule has 3 nitrogen and oxygen atoms in total. The number of carbonyl (C=O) groups excluding carboxylic acids is 1. The molecule has 0 spiro atoms. The van der Waals surface area contributed by atoms with Gasteiger partial charge in [0, 0.05) is 29.9 Å². The summed E-state index contributed by atoms with van der Waals surface area (Å²) in [6.45, 7) is 2.43. The van der Waals surface area contributed by atoms with Gasteiger partial charge in [-0.05, 0) is 43.5 Å². The molecule has 1 aromatic rings. The maximum absolute atomic E-state index is 10.9. The minimum atomic E-state index is -0.0361. The highest BCUT2D eigenvalue weighted by Crippen LogP contribution is 2.24. The van der Waals surface area contributed by atoms with Crippen LogP contribution in [-0.4, -0.2) is 24.4 Å². The quantitative estimate of drug-likeness (QED) is 0.849. The molecule has 1 amide bonds. The lowest BCUT2D eigenvalue weighted by molar-refractivity contribution is -0.114. The van der Waals surface area contributed by atoms with Crippen molar-refractivity contribution >= 4 is 23.4 Å². The third kappa shape index (κ3) is 4.35. The SMILES string of the molecule is CC(=O)Nc1ccc(SC[C@H]2CCCCO2)cc1. The minimum Gasteiger partial charge on any atom is -0.377 e. The molecule has 1 aromatic carbocycles. The van der Waals surface area contributed by atoms with Crippen molar-refractivity contribution in [2.24, 2.45) is 0 Å². The summed E-state index contributed by atoms with van der Waals surface area (Å²) < 4.78 is 5.70. The lowest BCUT2D eigenvalue weighted by Gasteiger charge is -2.22. The zero-order valence-electron chi connectivity index (χ0n) is 10.6. The highest BCUT2D eigenvalue weighted by atomic mass is 32.2. The summed E-state index contributed by atoms with van der Waals surface area (Å²) in [4.78, 5) is 12.1. The van der Waals surface area contributed by atoms with E-state index in [-0.39, 0.29) is 5.91 Å². The first-order chi connectivity index (χ1) is 8.74. The normalized spacial score (nSPS) is 19.5. The Kier molecular flexibility index (Phi) is 5.08. The summed E-state index contributed by atoms with van der Waals surface area (Å²) in [5, 5.41) is 2.76. The highest BCUT2D eigenvalue weighted by molar-refractivity contribution is 7.99. The fourth-order valence-electron chi connectivity index (χ4n) is 1.97. The van der Waals surface area contributed by atoms with Crippen LogP contribution in [-0.2, 0) is 9.53 Å². The summed E-state index contributed by atoms with van der Waals surface area (Å²) in [5.41, 5.74) is 0.848. The van der Waals surface area contributed by atoms with Gasteiger partial charge in [0.1, 0.15) is 0 Å². The van der Waals surface area contributed by atoms with E-state index < -0.39 is 0 Å². The topological polar surface area (TPSA) is 38.3 Å². The number of anilines is 1. The molecule has 0 bridgehead atoms. The fraction of sp³-hybridized carbons (Fsp3) is 0.500. The van der Waals surface area contributed by atoms with Crippen LogP contribution >= 0.6 is 11.8 Å². The molecule has 0 aliphatic carbocycles. The van der Waals surface area contributed by atoms with Crippen LogP contribution in [0.15, 0.2) is 29.2 Å². The molecule has 0 unspecified atom stereocenters. The molecule has 1 atom stereocenters. The van der Waals surface area contributed by atoms with E-state index in [0.717, 1.165) is 18.0 Å². The monoisotopic (exact) mass is 265 g/mol. The number of hydrogen-bond acceptors (Lipinski definition) is 3. The van der Waals surface area contributed by atoms with Gasteiger partial charge in [0.25, 0.3) is 0 Å². The van der Waals surface area contributed by atoms with Crippen LogP contribution < -0.4 is 5.32 Å². The molecule has 1 aliphatic heterocycles. The number of benzene rings is 1. The van der Waals surface area contributed by atoms with Gasteiger partial charge in [-0.15, -0.1) is 11.8 Å². The van der Waals surface area contributed by atoms with Gasteiger partial charge >= 0.3 is 0 Å². The molecule has 1 N–H and O–H groups in total. The summed E-state index contributed by atoms with van der Waals surface area (Å²) in [6.07, 6.45) is 4.06. The molecule has 2 rings (SSSR count). The minimum absolute atomic E-state index is 0.0361. The van der Waals surface area contributed by atoms with Crippen LogP contribution in [0.2, 0.25) is 0 Å². The van der Waals surface area contributed by atoms with Gasteiger partial charge in [0.15, 0.2) is 0 Å². The van der Waals surface area contributed by atoms with E-state index in [0.29, 0.717) is 6.10 Å². The number of carbonyl (C=O) groups is 1. The standard InChI is InChI=1S/C14H19NO2S/c1-11(16)15-12-5-7-14(8-6-12)18-10-13-4-2-3-9-17-13/h5-8,13H,2-4,9-10H2,1H3,(H,15,16)/t13-/m1/s1. The third-order valence-electron chi connectivity index (χ3n) is 2.88. The van der Waals surface area contributed by atoms with Crippen molar-refractivity contribution in [3.05, 3.63) is 24.3 Å². The van der Waals surface area contributed by atoms with E-state index in [2.05, 4.69) is 5.32 Å². The average molecular weight is 265 g/mol. The molecule has 1 heterocycles. The van der Waals surface area contributed by atoms with Crippen molar-refractivity contribution < 1.29 is 9.53 Å². The molecule has 1 fully saturated rings. The Balaban J connectivity index is 1.80. The number of ether oxygens (including phenoxy) is 1. The Morgan fingerprint density at radius 1 is 1.39 bits per heavy atom. The molecule has 1 saturated heterocycles. The van der Waals surface area contributed by atoms with E-state index in [1.165, 1.54) is 31.1 Å². The number of rotatable bonds is 4. The maximum Gasteiger partial charge on any atom is 0.221 e. The predicted molar refractivity (Wildman–Crippen MR) is 75.1 cm³/mol. The second kappa shape index (κ2) is 6.81. The summed E-state index contributed by atoms with van der Waals surface area (Å²) in [7, 11) is 0. The predicted octanol–water partition coefficient (Wildman–Crippen LogP) is 3.31. The number of amides is 1. The second-order valence-electron chi connectivity index (χ2n) is 4.51. The summed E-state index contributed by atoms with van der Waals surface area (Å²) in [5.74, 6) is 0.977. The second-order valence-corrected chi connectivity index (χ2v) is 5.60. The lowest BCUT2D eigenvalue weighted by Crippen LogP contribution is -2.21. The first-order valence-corrected chi connectivity index (χ1v) is 7.34. The number of hydrogen-bond donors (Lipinski definition) is 1. The largest absolute Gasteiger partial charge is 0.377 e. The Hall–Kier alpha value is -1.00. The van der Waals surface area contributed by atoms with Gasteiger partial charge < -0.3 is 10.1 Å². The Morgan fingerprint density at radius 3 is 2.78 bits per heavy atom. The van der Waals surface area contributed by atoms with E-state index in [1.807, 2.05) is 36.0 Å². The fourth-order valence-corrected chi connectivity index (χ4v) is 2.94. The van der Waals surface area contributed by atoms with Crippen LogP contribution in [0.25, 0.3) is 0 Å². The van der Waals surface area contributed by atoms with E-state index in [9.17, 15) is 4.79 Å². The maximum atomic E-state index is 10.9. The van der Waals surface area contributed by atoms with Gasteiger partial charge in [-0.3, -0.25) is 4.79 Å². The Labute approximate surface area is 112 Å². The Morgan fingerprint density at radius 2 is 2.17 bits per heavy atom. The van der Waals surface area contributed by atoms with Crippen molar-refractivity contribution in [1.82, 2.24) is 0 Å². The molecule has 0 saturated carbocycles. The van der Waals surface area contributed by atoms with Crippen molar-refractivity contribution in [2.45, 2.75) is 37.2 Å². The van der Waals surface area contributed by atoms with Crippen LogP contribution in [0.4, 0.5) is 5.69 Å². The van der Waals surface area contributed by atoms with E-state index in [4.69, 9.17) is 4.74 Å². The molecule has 18 heavy (non-hydrogen) atoms. The smallest absolute Gasteiger partial charge is 0.221 e. The third-order valence-corrected chi connectivity index (χ3v) is 4.03. The molecule has 1 aliphatic rings. The van der Waals surface area contributed by atoms with Gasteiger partial charge in [-0.25, -0.2) is 0 Å². The van der Waals surface area contributed by atoms with Crippen molar-refractivity contribution in [2.75, 3.05) is 17.7 Å². The average Bonchev–Trinajstić information content (AvgIpc) is 2.38. The highest BCUT2D eigenvalue weighted by Gasteiger charge is 2.13. The molecular formula is C14H19NO2S. The van der Waals surface area contributed by atoms with Gasteiger partial charge in [0.05, 0.1) is 6.10 Å². The molecule has 4 heteroatoms. The van der Waals surface area contributed by atoms with Crippen LogP contribution in [0.3, 0.4) is 0 Å². The Bertz CT molecular complexity index is 385. The summed E-state index contributed by atoms with van der Waals surface area (Å²) in [6, 6.07) is 7.95. The van der Waals surface area contributed by atoms with E-state index >= 15 is 0 Å². The molecule has 98 valence electrons. The molecular weight excluding hydrogens is 246 g/mol. The van der Waals surface area contributed by atoms with Gasteiger partial charge in [-0.2, -0.15) is 0 Å². The number of nitrogens with one attached hydrogen (secondary N) is 1. The van der Waals surface area contributed by atoms with Crippen LogP contribution in [0, 0.1) is 0 Å². The lowest BCUT2D eigenvalue weighted by atomic mass is 10.1. The van der Waals surface area contributed by atoms with Crippen molar-refractivity contribution in [3.63, 3.8) is 0 Å². The first kappa shape index (κ1) is 13.4. The van der Waals surface area contributed by atoms with Crippen molar-refractivity contribution in [3.8, 4) is 0 Å². The van der Waals surface area contributed by atoms with Crippen molar-refractivity contribution in [1.29, 1.82) is 0 Å². The zero-order valence-corrected chi connectivity index (χ0v) is 11.5. The van der Waals surface area contributed by atoms with Gasteiger partial charge in [0.2, 0.25) is 5.91 Å². The van der Waals surface area contributed by atoms with Gasteiger partial charge in [-0.1, -0.05) is 0 Å². The molecule has 0 radical (unpaired) electrons. The van der Waals surface area contributed by atoms with E-state index in [1.54, 1.807) is 0 Å². The summed E-state index contributed by atoms with van der Waals surface area (Å²) >= 11 is 1.82. The molecule has 0 aromatic heterocycles. The van der Waals surface area contributed by atoms with Crippen LogP contribution in [0.5, 0.6) is 0 Å². The zero-order chi connectivity index (χ0) is 12.8. The van der Waals surface area contributed by atoms with Crippen LogP contribution in [0.1, 0.15) is 26.2 Å². The first-order valence-electron chi connectivity index (χ1n) is 6.36.